The van der Waals surface area contributed by atoms with Gasteiger partial charge in [-0.2, -0.15) is 0 Å². The number of ether oxygens (including phenoxy) is 1. The maximum atomic E-state index is 12.3. The summed E-state index contributed by atoms with van der Waals surface area (Å²) < 4.78 is 4.83. The van der Waals surface area contributed by atoms with Crippen molar-refractivity contribution in [1.29, 1.82) is 0 Å². The molecule has 1 heterocycles. The Hall–Kier alpha value is -2.37. The Morgan fingerprint density at radius 1 is 1.16 bits per heavy atom. The monoisotopic (exact) mass is 346 g/mol. The molecule has 1 saturated heterocycles. The van der Waals surface area contributed by atoms with Crippen molar-refractivity contribution in [2.24, 2.45) is 0 Å². The lowest BCUT2D eigenvalue weighted by Crippen LogP contribution is -2.46. The summed E-state index contributed by atoms with van der Waals surface area (Å²) in [6, 6.07) is 7.57. The van der Waals surface area contributed by atoms with Crippen molar-refractivity contribution < 1.29 is 19.1 Å². The van der Waals surface area contributed by atoms with Gasteiger partial charge in [0.05, 0.1) is 13.0 Å². The van der Waals surface area contributed by atoms with Crippen LogP contribution in [0.1, 0.15) is 48.5 Å². The molecule has 2 rings (SSSR count). The number of hydrogen-bond donors (Lipinski definition) is 1. The minimum absolute atomic E-state index is 0.0308. The number of benzene rings is 1. The van der Waals surface area contributed by atoms with Crippen molar-refractivity contribution in [3.8, 4) is 0 Å². The van der Waals surface area contributed by atoms with Gasteiger partial charge < -0.3 is 15.0 Å². The van der Waals surface area contributed by atoms with Gasteiger partial charge in [-0.3, -0.25) is 14.4 Å². The largest absolute Gasteiger partial charge is 0.466 e. The second kappa shape index (κ2) is 9.20. The second-order valence-corrected chi connectivity index (χ2v) is 6.25. The second-order valence-electron chi connectivity index (χ2n) is 6.25. The number of carbonyl (C=O) groups excluding carboxylic acids is 3. The van der Waals surface area contributed by atoms with Crippen LogP contribution in [0, 0.1) is 6.92 Å². The third-order valence-corrected chi connectivity index (χ3v) is 4.42. The van der Waals surface area contributed by atoms with Crippen LogP contribution in [0.5, 0.6) is 0 Å². The van der Waals surface area contributed by atoms with Crippen molar-refractivity contribution in [3.63, 3.8) is 0 Å². The van der Waals surface area contributed by atoms with Crippen molar-refractivity contribution in [2.45, 2.75) is 45.6 Å². The number of carbonyl (C=O) groups is 3. The van der Waals surface area contributed by atoms with E-state index in [1.807, 2.05) is 31.2 Å². The summed E-state index contributed by atoms with van der Waals surface area (Å²) >= 11 is 0. The SMILES string of the molecule is CCOC(=O)CCC(=O)N1CCC(NC(=O)c2ccccc2C)CC1. The van der Waals surface area contributed by atoms with Gasteiger partial charge >= 0.3 is 5.97 Å². The summed E-state index contributed by atoms with van der Waals surface area (Å²) in [4.78, 5) is 37.6. The smallest absolute Gasteiger partial charge is 0.306 e. The Balaban J connectivity index is 1.76. The minimum Gasteiger partial charge on any atom is -0.466 e. The molecule has 1 aromatic carbocycles. The van der Waals surface area contributed by atoms with Crippen molar-refractivity contribution in [1.82, 2.24) is 10.2 Å². The Morgan fingerprint density at radius 2 is 1.84 bits per heavy atom. The summed E-state index contributed by atoms with van der Waals surface area (Å²) in [6.45, 7) is 5.19. The Morgan fingerprint density at radius 3 is 2.48 bits per heavy atom. The molecular weight excluding hydrogens is 320 g/mol. The van der Waals surface area contributed by atoms with Crippen LogP contribution >= 0.6 is 0 Å². The average Bonchev–Trinajstić information content (AvgIpc) is 2.61. The van der Waals surface area contributed by atoms with Crippen LogP contribution in [0.4, 0.5) is 0 Å². The lowest BCUT2D eigenvalue weighted by Gasteiger charge is -2.32. The Labute approximate surface area is 148 Å². The zero-order valence-corrected chi connectivity index (χ0v) is 14.9. The maximum Gasteiger partial charge on any atom is 0.306 e. The molecule has 0 radical (unpaired) electrons. The molecule has 0 spiro atoms. The fourth-order valence-corrected chi connectivity index (χ4v) is 2.96. The summed E-state index contributed by atoms with van der Waals surface area (Å²) in [6.07, 6.45) is 1.75. The number of likely N-dealkylation sites (tertiary alicyclic amines) is 1. The number of rotatable bonds is 6. The molecule has 0 atom stereocenters. The molecule has 0 bridgehead atoms. The van der Waals surface area contributed by atoms with Crippen LogP contribution in [-0.4, -0.2) is 48.4 Å². The van der Waals surface area contributed by atoms with Gasteiger partial charge in [-0.25, -0.2) is 0 Å². The molecule has 1 fully saturated rings. The summed E-state index contributed by atoms with van der Waals surface area (Å²) in [5.41, 5.74) is 1.64. The molecule has 0 aromatic heterocycles. The van der Waals surface area contributed by atoms with Gasteiger partial charge in [-0.05, 0) is 38.3 Å². The number of nitrogens with zero attached hydrogens (tertiary/aromatic N) is 1. The topological polar surface area (TPSA) is 75.7 Å². The molecule has 25 heavy (non-hydrogen) atoms. The number of hydrogen-bond acceptors (Lipinski definition) is 4. The van der Waals surface area contributed by atoms with Gasteiger partial charge in [0.15, 0.2) is 0 Å². The number of piperidine rings is 1. The van der Waals surface area contributed by atoms with Crippen LogP contribution in [0.3, 0.4) is 0 Å². The van der Waals surface area contributed by atoms with E-state index in [9.17, 15) is 14.4 Å². The zero-order chi connectivity index (χ0) is 18.2. The first kappa shape index (κ1) is 19.0. The third kappa shape index (κ3) is 5.59. The quantitative estimate of drug-likeness (QED) is 0.800. The summed E-state index contributed by atoms with van der Waals surface area (Å²) in [5.74, 6) is -0.432. The Kier molecular flexibility index (Phi) is 6.98. The fraction of sp³-hybridized carbons (Fsp3) is 0.526. The molecule has 0 aliphatic carbocycles. The first-order valence-electron chi connectivity index (χ1n) is 8.81. The third-order valence-electron chi connectivity index (χ3n) is 4.42. The normalized spacial score (nSPS) is 14.9. The molecule has 1 aromatic rings. The van der Waals surface area contributed by atoms with Crippen LogP contribution in [-0.2, 0) is 14.3 Å². The van der Waals surface area contributed by atoms with E-state index in [0.717, 1.165) is 18.4 Å². The van der Waals surface area contributed by atoms with E-state index in [1.165, 1.54) is 0 Å². The van der Waals surface area contributed by atoms with E-state index < -0.39 is 0 Å². The predicted octanol–water partition coefficient (Wildman–Crippen LogP) is 2.06. The molecular formula is C19H26N2O4. The first-order valence-corrected chi connectivity index (χ1v) is 8.81. The van der Waals surface area contributed by atoms with E-state index >= 15 is 0 Å². The minimum atomic E-state index is -0.337. The van der Waals surface area contributed by atoms with Gasteiger partial charge in [0, 0.05) is 31.1 Å². The van der Waals surface area contributed by atoms with E-state index in [4.69, 9.17) is 4.74 Å². The lowest BCUT2D eigenvalue weighted by atomic mass is 10.0. The molecule has 1 N–H and O–H groups in total. The lowest BCUT2D eigenvalue weighted by molar-refractivity contribution is -0.145. The molecule has 2 amide bonds. The van der Waals surface area contributed by atoms with Crippen LogP contribution in [0.25, 0.3) is 0 Å². The Bertz CT molecular complexity index is 622. The van der Waals surface area contributed by atoms with Crippen LogP contribution in [0.2, 0.25) is 0 Å². The summed E-state index contributed by atoms with van der Waals surface area (Å²) in [7, 11) is 0. The molecule has 1 aliphatic rings. The van der Waals surface area contributed by atoms with E-state index in [2.05, 4.69) is 5.32 Å². The number of aryl methyl sites for hydroxylation is 1. The van der Waals surface area contributed by atoms with Gasteiger partial charge in [0.2, 0.25) is 5.91 Å². The number of esters is 1. The molecule has 0 saturated carbocycles. The molecule has 136 valence electrons. The van der Waals surface area contributed by atoms with Gasteiger partial charge in [0.1, 0.15) is 0 Å². The zero-order valence-electron chi connectivity index (χ0n) is 14.9. The molecule has 1 aliphatic heterocycles. The van der Waals surface area contributed by atoms with Crippen LogP contribution < -0.4 is 5.32 Å². The average molecular weight is 346 g/mol. The van der Waals surface area contributed by atoms with E-state index in [0.29, 0.717) is 25.3 Å². The van der Waals surface area contributed by atoms with Crippen LogP contribution in [0.15, 0.2) is 24.3 Å². The van der Waals surface area contributed by atoms with Gasteiger partial charge in [-0.1, -0.05) is 18.2 Å². The number of amides is 2. The predicted molar refractivity (Wildman–Crippen MR) is 94.1 cm³/mol. The summed E-state index contributed by atoms with van der Waals surface area (Å²) in [5, 5.41) is 3.05. The number of nitrogens with one attached hydrogen (secondary N) is 1. The van der Waals surface area contributed by atoms with E-state index in [-0.39, 0.29) is 36.7 Å². The standard InChI is InChI=1S/C19H26N2O4/c1-3-25-18(23)9-8-17(22)21-12-10-15(11-13-21)20-19(24)16-7-5-4-6-14(16)2/h4-7,15H,3,8-13H2,1-2H3,(H,20,24). The highest BCUT2D eigenvalue weighted by molar-refractivity contribution is 5.95. The molecule has 6 nitrogen and oxygen atoms in total. The highest BCUT2D eigenvalue weighted by atomic mass is 16.5. The first-order chi connectivity index (χ1) is 12.0. The highest BCUT2D eigenvalue weighted by Gasteiger charge is 2.24. The van der Waals surface area contributed by atoms with E-state index in [1.54, 1.807) is 11.8 Å². The van der Waals surface area contributed by atoms with Crippen molar-refractivity contribution in [3.05, 3.63) is 35.4 Å². The van der Waals surface area contributed by atoms with Gasteiger partial charge in [-0.15, -0.1) is 0 Å². The fourth-order valence-electron chi connectivity index (χ4n) is 2.96. The molecule has 0 unspecified atom stereocenters. The van der Waals surface area contributed by atoms with Gasteiger partial charge in [0.25, 0.3) is 5.91 Å². The van der Waals surface area contributed by atoms with Crippen molar-refractivity contribution >= 4 is 17.8 Å². The molecule has 6 heteroatoms. The highest BCUT2D eigenvalue weighted by Crippen LogP contribution is 2.14. The van der Waals surface area contributed by atoms with Crippen molar-refractivity contribution in [2.75, 3.05) is 19.7 Å². The maximum absolute atomic E-state index is 12.3.